The molecule has 0 fully saturated rings. The summed E-state index contributed by atoms with van der Waals surface area (Å²) < 4.78 is 494. The monoisotopic (exact) mass is 931 g/mol. The van der Waals surface area contributed by atoms with Gasteiger partial charge in [0.05, 0.1) is 0 Å². The van der Waals surface area contributed by atoms with Crippen LogP contribution in [0.1, 0.15) is 0 Å². The Bertz CT molecular complexity index is 1460. The first-order chi connectivity index (χ1) is 23.5. The molecule has 0 atom stereocenters. The lowest BCUT2D eigenvalue weighted by Gasteiger charge is -2.47. The van der Waals surface area contributed by atoms with Gasteiger partial charge >= 0.3 is 101 Å². The van der Waals surface area contributed by atoms with Gasteiger partial charge in [-0.25, -0.2) is 8.78 Å². The predicted octanol–water partition coefficient (Wildman–Crippen LogP) is 12.3. The lowest BCUT2D eigenvalue weighted by atomic mass is 9.82. The van der Waals surface area contributed by atoms with Crippen LogP contribution in [-0.2, 0) is 0 Å². The first-order valence-electron chi connectivity index (χ1n) is 11.5. The van der Waals surface area contributed by atoms with Crippen molar-refractivity contribution in [1.29, 1.82) is 0 Å². The summed E-state index contributed by atoms with van der Waals surface area (Å²) in [6.07, 6.45) is -9.90. The van der Waals surface area contributed by atoms with E-state index in [4.69, 9.17) is 0 Å². The van der Waals surface area contributed by atoms with Crippen LogP contribution in [-0.4, -0.2) is 101 Å². The fraction of sp³-hybridized carbons (Fsp3) is 0.895. The van der Waals surface area contributed by atoms with Crippen molar-refractivity contribution in [3.63, 3.8) is 0 Å². The highest BCUT2D eigenvalue weighted by atomic mass is 19.4. The molecule has 0 nitrogen and oxygen atoms in total. The Labute approximate surface area is 277 Å². The van der Waals surface area contributed by atoms with Gasteiger partial charge in [0.25, 0.3) is 0 Å². The van der Waals surface area contributed by atoms with Crippen LogP contribution in [0.4, 0.5) is 162 Å². The summed E-state index contributed by atoms with van der Waals surface area (Å²) >= 11 is 0. The van der Waals surface area contributed by atoms with E-state index in [1.165, 1.54) is 0 Å². The van der Waals surface area contributed by atoms with Crippen molar-refractivity contribution in [1.82, 2.24) is 0 Å². The molecule has 56 heavy (non-hydrogen) atoms. The molecular weight excluding hydrogens is 931 g/mol. The van der Waals surface area contributed by atoms with Crippen LogP contribution < -0.4 is 0 Å². The number of rotatable bonds is 16. The Balaban J connectivity index is 7.85. The molecule has 0 bridgehead atoms. The van der Waals surface area contributed by atoms with E-state index >= 15 is 0 Å². The van der Waals surface area contributed by atoms with Crippen LogP contribution >= 0.6 is 0 Å². The van der Waals surface area contributed by atoms with E-state index in [1.54, 1.807) is 0 Å². The molecule has 0 saturated carbocycles. The number of hydrogen-bond donors (Lipinski definition) is 0. The Hall–Kier alpha value is -2.85. The molecule has 0 aromatic carbocycles. The number of hydrogen-bond acceptors (Lipinski definition) is 0. The van der Waals surface area contributed by atoms with Crippen LogP contribution in [0.5, 0.6) is 0 Å². The van der Waals surface area contributed by atoms with E-state index in [1.807, 2.05) is 0 Å². The van der Waals surface area contributed by atoms with E-state index in [9.17, 15) is 162 Å². The minimum Gasteiger partial charge on any atom is -0.201 e. The molecule has 0 rings (SSSR count). The van der Waals surface area contributed by atoms with Crippen LogP contribution in [0.25, 0.3) is 0 Å². The lowest BCUT2D eigenvalue weighted by molar-refractivity contribution is -0.492. The second kappa shape index (κ2) is 12.8. The topological polar surface area (TPSA) is 0 Å². The lowest BCUT2D eigenvalue weighted by Crippen LogP contribution is -2.80. The molecule has 335 valence electrons. The van der Waals surface area contributed by atoms with E-state index in [2.05, 4.69) is 0 Å². The van der Waals surface area contributed by atoms with Crippen LogP contribution in [0.3, 0.4) is 0 Å². The zero-order valence-electron chi connectivity index (χ0n) is 23.5. The van der Waals surface area contributed by atoms with Gasteiger partial charge in [-0.1, -0.05) is 0 Å². The molecule has 0 aromatic heterocycles. The molecule has 0 unspecified atom stereocenters. The van der Waals surface area contributed by atoms with Crippen molar-refractivity contribution in [2.75, 3.05) is 0 Å². The van der Waals surface area contributed by atoms with Crippen LogP contribution in [0.15, 0.2) is 5.83 Å². The average molecular weight is 931 g/mol. The largest absolute Gasteiger partial charge is 0.460 e. The fourth-order valence-corrected chi connectivity index (χ4v) is 3.14. The molecule has 0 aliphatic rings. The summed E-state index contributed by atoms with van der Waals surface area (Å²) in [5.41, 5.74) is 0. The van der Waals surface area contributed by atoms with E-state index in [-0.39, 0.29) is 0 Å². The average Bonchev–Trinajstić information content (AvgIpc) is 2.98. The molecule has 0 aliphatic carbocycles. The molecule has 37 heteroatoms. The van der Waals surface area contributed by atoms with Gasteiger partial charge in [0, 0.05) is 0 Å². The number of halogens is 37. The SMILES string of the molecule is F/[C]=C(\F)C(F)(F)C(F)(F)C(F)(F)C(F)(F)C(F)(F)C(F)(F)C(F)(F)C(F)(F)C(F)(F)C(F)(F)C(F)(F)C(F)(F)C(F)(F)C(F)(F)C(F)(F)C(F)(F)C(F)(F)F. The molecule has 0 saturated heterocycles. The molecular formula is C19F37. The molecule has 0 heterocycles. The fourth-order valence-electron chi connectivity index (χ4n) is 3.14. The number of alkyl halides is 35. The van der Waals surface area contributed by atoms with Crippen LogP contribution in [0.2, 0.25) is 0 Å². The Morgan fingerprint density at radius 1 is 0.214 bits per heavy atom. The van der Waals surface area contributed by atoms with Gasteiger partial charge < -0.3 is 0 Å². The summed E-state index contributed by atoms with van der Waals surface area (Å²) in [4.78, 5) is 0. The zero-order valence-corrected chi connectivity index (χ0v) is 23.5. The van der Waals surface area contributed by atoms with E-state index in [0.717, 1.165) is 0 Å². The smallest absolute Gasteiger partial charge is 0.201 e. The van der Waals surface area contributed by atoms with Gasteiger partial charge in [0.2, 0.25) is 5.83 Å². The quantitative estimate of drug-likeness (QED) is 0.135. The Kier molecular flexibility index (Phi) is 12.2. The first kappa shape index (κ1) is 53.1. The molecule has 1 radical (unpaired) electrons. The number of allylic oxidation sites excluding steroid dienone is 1. The molecule has 0 aromatic rings. The van der Waals surface area contributed by atoms with Gasteiger partial charge in [-0.05, 0) is 0 Å². The highest BCUT2D eigenvalue weighted by molar-refractivity contribution is 5.23. The van der Waals surface area contributed by atoms with Gasteiger partial charge in [-0.2, -0.15) is 154 Å². The van der Waals surface area contributed by atoms with E-state index < -0.39 is 113 Å². The Morgan fingerprint density at radius 3 is 0.464 bits per heavy atom. The van der Waals surface area contributed by atoms with Crippen molar-refractivity contribution in [2.24, 2.45) is 0 Å². The highest BCUT2D eigenvalue weighted by Crippen LogP contribution is 2.70. The maximum absolute atomic E-state index is 13.8. The van der Waals surface area contributed by atoms with Crippen LogP contribution in [0, 0.1) is 6.33 Å². The predicted molar refractivity (Wildman–Crippen MR) is 94.2 cm³/mol. The second-order valence-corrected chi connectivity index (χ2v) is 10.1. The zero-order chi connectivity index (χ0) is 46.8. The third-order valence-corrected chi connectivity index (χ3v) is 6.63. The molecule has 0 N–H and O–H groups in total. The van der Waals surface area contributed by atoms with Crippen molar-refractivity contribution in [3.8, 4) is 0 Å². The minimum atomic E-state index is -10.4. The molecule has 0 aliphatic heterocycles. The molecule has 0 spiro atoms. The summed E-state index contributed by atoms with van der Waals surface area (Å²) in [5, 5.41) is 0. The van der Waals surface area contributed by atoms with Gasteiger partial charge in [0.15, 0.2) is 6.33 Å². The van der Waals surface area contributed by atoms with Crippen molar-refractivity contribution in [3.05, 3.63) is 12.2 Å². The van der Waals surface area contributed by atoms with Gasteiger partial charge in [-0.15, -0.1) is 0 Å². The second-order valence-electron chi connectivity index (χ2n) is 10.1. The first-order valence-corrected chi connectivity index (χ1v) is 11.5. The standard InChI is InChI=1S/C19F37/c20-1-2(21)3(22,23)4(24,25)5(26,27)6(28,29)7(30,31)8(32,33)9(34,35)10(36,37)11(38,39)12(40,41)13(42,43)14(44,45)15(46,47)16(48,49)17(50,51)18(52,53)19(54,55)56. The summed E-state index contributed by atoms with van der Waals surface area (Å²) in [6.45, 7) is 0. The maximum Gasteiger partial charge on any atom is 0.460 e. The van der Waals surface area contributed by atoms with Gasteiger partial charge in [-0.3, -0.25) is 0 Å². The summed E-state index contributed by atoms with van der Waals surface area (Å²) in [5.74, 6) is -162. The third kappa shape index (κ3) is 5.78. The normalized spacial score (nSPS) is 17.5. The highest BCUT2D eigenvalue weighted by Gasteiger charge is 3.02. The van der Waals surface area contributed by atoms with Crippen molar-refractivity contribution in [2.45, 2.75) is 101 Å². The summed E-state index contributed by atoms with van der Waals surface area (Å²) in [7, 11) is 0. The minimum absolute atomic E-state index is 1.45. The summed E-state index contributed by atoms with van der Waals surface area (Å²) in [6, 6.07) is 0. The van der Waals surface area contributed by atoms with Crippen molar-refractivity contribution >= 4 is 0 Å². The van der Waals surface area contributed by atoms with E-state index in [0.29, 0.717) is 0 Å². The van der Waals surface area contributed by atoms with Gasteiger partial charge in [0.1, 0.15) is 0 Å². The van der Waals surface area contributed by atoms with Crippen molar-refractivity contribution < 1.29 is 162 Å². The Morgan fingerprint density at radius 2 is 0.339 bits per heavy atom. The molecule has 0 amide bonds. The third-order valence-electron chi connectivity index (χ3n) is 6.63. The maximum atomic E-state index is 13.8.